The lowest BCUT2D eigenvalue weighted by Gasteiger charge is -2.34. The maximum absolute atomic E-state index is 12.5. The SMILES string of the molecule is CN(C(=O)NCc1cccc(CN2CCCC2)c1)C1CCC(CO)CC1. The van der Waals surface area contributed by atoms with Crippen LogP contribution in [-0.2, 0) is 13.1 Å². The molecule has 0 radical (unpaired) electrons. The number of nitrogens with one attached hydrogen (secondary N) is 1. The van der Waals surface area contributed by atoms with Crippen molar-refractivity contribution in [2.24, 2.45) is 5.92 Å². The number of hydrogen-bond acceptors (Lipinski definition) is 3. The third kappa shape index (κ3) is 5.21. The summed E-state index contributed by atoms with van der Waals surface area (Å²) in [5.41, 5.74) is 2.49. The number of carbonyl (C=O) groups excluding carboxylic acids is 1. The van der Waals surface area contributed by atoms with Crippen LogP contribution in [0.3, 0.4) is 0 Å². The van der Waals surface area contributed by atoms with E-state index >= 15 is 0 Å². The standard InChI is InChI=1S/C21H33N3O2/c1-23(20-9-7-17(16-25)8-10-20)21(26)22-14-18-5-4-6-19(13-18)15-24-11-2-3-12-24/h4-6,13,17,20,25H,2-3,7-12,14-16H2,1H3,(H,22,26). The van der Waals surface area contributed by atoms with Crippen molar-refractivity contribution in [2.45, 2.75) is 57.7 Å². The lowest BCUT2D eigenvalue weighted by atomic mass is 9.86. The molecule has 5 nitrogen and oxygen atoms in total. The fourth-order valence-corrected chi connectivity index (χ4v) is 4.22. The number of urea groups is 1. The van der Waals surface area contributed by atoms with Crippen LogP contribution in [0, 0.1) is 5.92 Å². The van der Waals surface area contributed by atoms with Crippen LogP contribution < -0.4 is 5.32 Å². The zero-order chi connectivity index (χ0) is 18.4. The first kappa shape index (κ1) is 19.2. The Balaban J connectivity index is 1.46. The average Bonchev–Trinajstić information content (AvgIpc) is 3.19. The maximum Gasteiger partial charge on any atom is 0.317 e. The number of hydrogen-bond donors (Lipinski definition) is 2. The molecule has 0 aromatic heterocycles. The first-order chi connectivity index (χ1) is 12.7. The van der Waals surface area contributed by atoms with Crippen LogP contribution in [0.2, 0.25) is 0 Å². The molecule has 1 saturated heterocycles. The number of rotatable bonds is 6. The van der Waals surface area contributed by atoms with Crippen molar-refractivity contribution in [1.29, 1.82) is 0 Å². The third-order valence-electron chi connectivity index (χ3n) is 5.98. The van der Waals surface area contributed by atoms with Crippen molar-refractivity contribution in [2.75, 3.05) is 26.7 Å². The van der Waals surface area contributed by atoms with E-state index in [9.17, 15) is 9.90 Å². The molecule has 2 N–H and O–H groups in total. The molecule has 1 heterocycles. The Labute approximate surface area is 157 Å². The predicted octanol–water partition coefficient (Wildman–Crippen LogP) is 2.97. The fourth-order valence-electron chi connectivity index (χ4n) is 4.22. The summed E-state index contributed by atoms with van der Waals surface area (Å²) >= 11 is 0. The highest BCUT2D eigenvalue weighted by Crippen LogP contribution is 2.26. The van der Waals surface area contributed by atoms with Gasteiger partial charge in [-0.15, -0.1) is 0 Å². The van der Waals surface area contributed by atoms with E-state index in [-0.39, 0.29) is 12.6 Å². The third-order valence-corrected chi connectivity index (χ3v) is 5.98. The van der Waals surface area contributed by atoms with Crippen molar-refractivity contribution in [3.05, 3.63) is 35.4 Å². The molecule has 1 aromatic carbocycles. The van der Waals surface area contributed by atoms with Gasteiger partial charge in [0.05, 0.1) is 0 Å². The Kier molecular flexibility index (Phi) is 6.92. The number of likely N-dealkylation sites (tertiary alicyclic amines) is 1. The Morgan fingerprint density at radius 1 is 1.19 bits per heavy atom. The van der Waals surface area contributed by atoms with Gasteiger partial charge in [-0.3, -0.25) is 4.90 Å². The lowest BCUT2D eigenvalue weighted by Crippen LogP contribution is -2.45. The van der Waals surface area contributed by atoms with E-state index in [4.69, 9.17) is 0 Å². The number of amides is 2. The molecule has 1 saturated carbocycles. The molecule has 3 rings (SSSR count). The molecule has 26 heavy (non-hydrogen) atoms. The summed E-state index contributed by atoms with van der Waals surface area (Å²) in [5, 5.41) is 12.3. The summed E-state index contributed by atoms with van der Waals surface area (Å²) < 4.78 is 0. The van der Waals surface area contributed by atoms with Gasteiger partial charge in [-0.05, 0) is 68.7 Å². The van der Waals surface area contributed by atoms with Crippen LogP contribution in [0.5, 0.6) is 0 Å². The van der Waals surface area contributed by atoms with Gasteiger partial charge in [0.25, 0.3) is 0 Å². The number of aliphatic hydroxyl groups is 1. The molecule has 1 aliphatic carbocycles. The van der Waals surface area contributed by atoms with Gasteiger partial charge in [0.15, 0.2) is 0 Å². The van der Waals surface area contributed by atoms with Crippen LogP contribution in [-0.4, -0.2) is 53.7 Å². The molecule has 1 aliphatic heterocycles. The minimum Gasteiger partial charge on any atom is -0.396 e. The van der Waals surface area contributed by atoms with Crippen molar-refractivity contribution in [1.82, 2.24) is 15.1 Å². The number of benzene rings is 1. The summed E-state index contributed by atoms with van der Waals surface area (Å²) in [4.78, 5) is 16.8. The molecule has 2 fully saturated rings. The summed E-state index contributed by atoms with van der Waals surface area (Å²) in [6.45, 7) is 4.25. The van der Waals surface area contributed by atoms with E-state index < -0.39 is 0 Å². The average molecular weight is 360 g/mol. The van der Waals surface area contributed by atoms with E-state index in [1.807, 2.05) is 11.9 Å². The zero-order valence-corrected chi connectivity index (χ0v) is 16.0. The molecule has 1 aromatic rings. The van der Waals surface area contributed by atoms with E-state index in [2.05, 4.69) is 34.5 Å². The monoisotopic (exact) mass is 359 g/mol. The summed E-state index contributed by atoms with van der Waals surface area (Å²) in [6, 6.07) is 8.86. The normalized spacial score (nSPS) is 23.8. The second-order valence-electron chi connectivity index (χ2n) is 7.93. The van der Waals surface area contributed by atoms with E-state index in [1.54, 1.807) is 0 Å². The van der Waals surface area contributed by atoms with Crippen molar-refractivity contribution >= 4 is 6.03 Å². The van der Waals surface area contributed by atoms with E-state index in [0.29, 0.717) is 18.5 Å². The van der Waals surface area contributed by atoms with Gasteiger partial charge in [-0.2, -0.15) is 0 Å². The Morgan fingerprint density at radius 2 is 1.88 bits per heavy atom. The minimum atomic E-state index is 0.00222. The van der Waals surface area contributed by atoms with Crippen LogP contribution in [0.1, 0.15) is 49.7 Å². The fraction of sp³-hybridized carbons (Fsp3) is 0.667. The predicted molar refractivity (Wildman–Crippen MR) is 104 cm³/mol. The highest BCUT2D eigenvalue weighted by atomic mass is 16.3. The van der Waals surface area contributed by atoms with E-state index in [0.717, 1.165) is 37.8 Å². The smallest absolute Gasteiger partial charge is 0.317 e. The topological polar surface area (TPSA) is 55.8 Å². The molecule has 0 bridgehead atoms. The molecule has 0 spiro atoms. The van der Waals surface area contributed by atoms with Crippen molar-refractivity contribution in [3.63, 3.8) is 0 Å². The molecule has 2 amide bonds. The molecular formula is C21H33N3O2. The zero-order valence-electron chi connectivity index (χ0n) is 16.0. The molecule has 2 aliphatic rings. The van der Waals surface area contributed by atoms with Crippen molar-refractivity contribution in [3.8, 4) is 0 Å². The molecule has 144 valence electrons. The summed E-state index contributed by atoms with van der Waals surface area (Å²) in [6.07, 6.45) is 6.61. The second-order valence-corrected chi connectivity index (χ2v) is 7.93. The van der Waals surface area contributed by atoms with Gasteiger partial charge < -0.3 is 15.3 Å². The van der Waals surface area contributed by atoms with Crippen LogP contribution in [0.15, 0.2) is 24.3 Å². The number of nitrogens with zero attached hydrogens (tertiary/aromatic N) is 2. The van der Waals surface area contributed by atoms with Gasteiger partial charge in [0.1, 0.15) is 0 Å². The highest BCUT2D eigenvalue weighted by Gasteiger charge is 2.26. The van der Waals surface area contributed by atoms with Gasteiger partial charge in [0.2, 0.25) is 0 Å². The van der Waals surface area contributed by atoms with Crippen LogP contribution >= 0.6 is 0 Å². The molecular weight excluding hydrogens is 326 g/mol. The minimum absolute atomic E-state index is 0.00222. The van der Waals surface area contributed by atoms with Gasteiger partial charge in [0, 0.05) is 32.8 Å². The lowest BCUT2D eigenvalue weighted by molar-refractivity contribution is 0.134. The highest BCUT2D eigenvalue weighted by molar-refractivity contribution is 5.74. The second kappa shape index (κ2) is 9.38. The van der Waals surface area contributed by atoms with E-state index in [1.165, 1.54) is 31.5 Å². The first-order valence-corrected chi connectivity index (χ1v) is 10.1. The largest absolute Gasteiger partial charge is 0.396 e. The van der Waals surface area contributed by atoms with Gasteiger partial charge in [-0.1, -0.05) is 24.3 Å². The number of carbonyl (C=O) groups is 1. The Hall–Kier alpha value is -1.59. The summed E-state index contributed by atoms with van der Waals surface area (Å²) in [7, 11) is 1.89. The van der Waals surface area contributed by atoms with Gasteiger partial charge >= 0.3 is 6.03 Å². The Morgan fingerprint density at radius 3 is 2.58 bits per heavy atom. The maximum atomic E-state index is 12.5. The van der Waals surface area contributed by atoms with Crippen molar-refractivity contribution < 1.29 is 9.90 Å². The van der Waals surface area contributed by atoms with Crippen LogP contribution in [0.4, 0.5) is 4.79 Å². The van der Waals surface area contributed by atoms with Crippen LogP contribution in [0.25, 0.3) is 0 Å². The molecule has 5 heteroatoms. The van der Waals surface area contributed by atoms with Gasteiger partial charge in [-0.25, -0.2) is 4.79 Å². The first-order valence-electron chi connectivity index (χ1n) is 10.1. The molecule has 0 atom stereocenters. The number of aliphatic hydroxyl groups excluding tert-OH is 1. The Bertz CT molecular complexity index is 578. The quantitative estimate of drug-likeness (QED) is 0.821. The molecule has 0 unspecified atom stereocenters. The summed E-state index contributed by atoms with van der Waals surface area (Å²) in [5.74, 6) is 0.418.